The zero-order chi connectivity index (χ0) is 29.3. The van der Waals surface area contributed by atoms with Crippen molar-refractivity contribution in [1.82, 2.24) is 14.9 Å². The first kappa shape index (κ1) is 30.3. The van der Waals surface area contributed by atoms with E-state index < -0.39 is 33.7 Å². The number of nitrogens with zero attached hydrogens (tertiary/aromatic N) is 1. The number of ether oxygens (including phenoxy) is 1. The Bertz CT molecular complexity index is 1280. The number of piperazine rings is 1. The molecule has 3 heterocycles. The fourth-order valence-corrected chi connectivity index (χ4v) is 8.93. The van der Waals surface area contributed by atoms with E-state index >= 15 is 4.39 Å². The molecule has 226 valence electrons. The minimum atomic E-state index is -3.33. The predicted octanol–water partition coefficient (Wildman–Crippen LogP) is 3.61. The lowest BCUT2D eigenvalue weighted by molar-refractivity contribution is -0.123. The van der Waals surface area contributed by atoms with Crippen LogP contribution >= 0.6 is 0 Å². The summed E-state index contributed by atoms with van der Waals surface area (Å²) in [5.74, 6) is -1.60. The SMILES string of the molecule is C[C@@H]1C[C@H]([C@H](c2ccc(F)cc2)[C@H](N)C(=O)NC2=C(CC[C@H]3CN[C@@H]4CCCS(=O)(=O)N3C4)CC=C2F)C[C@H](C)O1. The summed E-state index contributed by atoms with van der Waals surface area (Å²) in [5.41, 5.74) is 8.25. The highest BCUT2D eigenvalue weighted by molar-refractivity contribution is 7.89. The van der Waals surface area contributed by atoms with Gasteiger partial charge in [-0.15, -0.1) is 0 Å². The molecule has 4 N–H and O–H groups in total. The smallest absolute Gasteiger partial charge is 0.242 e. The summed E-state index contributed by atoms with van der Waals surface area (Å²) in [6.07, 6.45) is 5.62. The summed E-state index contributed by atoms with van der Waals surface area (Å²) in [7, 11) is -3.33. The zero-order valence-electron chi connectivity index (χ0n) is 23.8. The monoisotopic (exact) mass is 592 g/mol. The van der Waals surface area contributed by atoms with Crippen LogP contribution in [0.3, 0.4) is 0 Å². The van der Waals surface area contributed by atoms with E-state index in [-0.39, 0.29) is 47.5 Å². The molecule has 8 nitrogen and oxygen atoms in total. The van der Waals surface area contributed by atoms with Gasteiger partial charge in [0.1, 0.15) is 11.6 Å². The number of fused-ring (bicyclic) bond motifs is 2. The van der Waals surface area contributed by atoms with Gasteiger partial charge in [0.2, 0.25) is 15.9 Å². The summed E-state index contributed by atoms with van der Waals surface area (Å²) in [4.78, 5) is 13.6. The van der Waals surface area contributed by atoms with Crippen molar-refractivity contribution in [1.29, 1.82) is 0 Å². The predicted molar refractivity (Wildman–Crippen MR) is 153 cm³/mol. The largest absolute Gasteiger partial charge is 0.376 e. The molecular weight excluding hydrogens is 550 g/mol. The molecule has 3 aliphatic heterocycles. The maximum atomic E-state index is 15.0. The van der Waals surface area contributed by atoms with Crippen molar-refractivity contribution in [2.75, 3.05) is 18.8 Å². The third kappa shape index (κ3) is 6.91. The minimum Gasteiger partial charge on any atom is -0.376 e. The molecule has 1 aromatic carbocycles. The number of amides is 1. The highest BCUT2D eigenvalue weighted by atomic mass is 32.2. The molecule has 1 aromatic rings. The van der Waals surface area contributed by atoms with Gasteiger partial charge in [0.05, 0.1) is 29.7 Å². The number of hydrogen-bond acceptors (Lipinski definition) is 6. The maximum Gasteiger partial charge on any atom is 0.242 e. The quantitative estimate of drug-likeness (QED) is 0.425. The molecule has 0 aromatic heterocycles. The van der Waals surface area contributed by atoms with Crippen molar-refractivity contribution in [3.63, 3.8) is 0 Å². The van der Waals surface area contributed by atoms with Crippen molar-refractivity contribution in [3.05, 3.63) is 58.8 Å². The second kappa shape index (κ2) is 12.6. The standard InChI is InChI=1S/C30H42F2N4O4S/c1-18-14-22(15-19(2)40-18)27(20-5-9-23(31)10-6-20)28(33)30(37)35-29-21(8-12-26(29)32)7-11-25-16-34-24-4-3-13-41(38,39)36(25)17-24/h5-6,9-10,12,18-19,22,24-25,27-28,34H,3-4,7-8,11,13-17,33H2,1-2H3,(H,35,37)/t18-,19+,22+,24-,25+,27+,28+/m1/s1. The second-order valence-corrected chi connectivity index (χ2v) is 14.2. The maximum absolute atomic E-state index is 15.0. The van der Waals surface area contributed by atoms with Gasteiger partial charge in [0.25, 0.3) is 0 Å². The van der Waals surface area contributed by atoms with Crippen molar-refractivity contribution in [2.24, 2.45) is 11.7 Å². The van der Waals surface area contributed by atoms with Crippen molar-refractivity contribution >= 4 is 15.9 Å². The van der Waals surface area contributed by atoms with Gasteiger partial charge in [-0.25, -0.2) is 17.2 Å². The van der Waals surface area contributed by atoms with Crippen LogP contribution < -0.4 is 16.4 Å². The Morgan fingerprint density at radius 3 is 2.61 bits per heavy atom. The Labute approximate surface area is 241 Å². The fraction of sp³-hybridized carbons (Fsp3) is 0.633. The van der Waals surface area contributed by atoms with Crippen LogP contribution in [-0.2, 0) is 19.6 Å². The molecule has 11 heteroatoms. The molecule has 1 aliphatic carbocycles. The normalized spacial score (nSPS) is 33.0. The summed E-state index contributed by atoms with van der Waals surface area (Å²) in [6, 6.07) is 5.02. The molecule has 5 rings (SSSR count). The Kier molecular flexibility index (Phi) is 9.30. The van der Waals surface area contributed by atoms with Gasteiger partial charge in [-0.2, -0.15) is 4.31 Å². The van der Waals surface area contributed by atoms with E-state index in [2.05, 4.69) is 10.6 Å². The van der Waals surface area contributed by atoms with Gasteiger partial charge in [0.15, 0.2) is 0 Å². The molecule has 0 spiro atoms. The highest BCUT2D eigenvalue weighted by Crippen LogP contribution is 2.39. The number of sulfonamides is 1. The summed E-state index contributed by atoms with van der Waals surface area (Å²) in [5, 5.41) is 6.24. The zero-order valence-corrected chi connectivity index (χ0v) is 24.6. The Morgan fingerprint density at radius 2 is 1.90 bits per heavy atom. The lowest BCUT2D eigenvalue weighted by Crippen LogP contribution is -2.57. The molecule has 0 saturated carbocycles. The highest BCUT2D eigenvalue weighted by Gasteiger charge is 2.40. The first-order valence-corrected chi connectivity index (χ1v) is 16.4. The van der Waals surface area contributed by atoms with E-state index in [1.165, 1.54) is 18.2 Å². The number of allylic oxidation sites excluding steroid dienone is 3. The summed E-state index contributed by atoms with van der Waals surface area (Å²) >= 11 is 0. The number of carbonyl (C=O) groups excluding carboxylic acids is 1. The molecule has 3 fully saturated rings. The van der Waals surface area contributed by atoms with Gasteiger partial charge in [-0.1, -0.05) is 12.1 Å². The van der Waals surface area contributed by atoms with E-state index in [1.54, 1.807) is 16.4 Å². The van der Waals surface area contributed by atoms with E-state index in [0.717, 1.165) is 17.6 Å². The number of halogens is 2. The Hall–Kier alpha value is -2.18. The fourth-order valence-electron chi connectivity index (χ4n) is 7.12. The van der Waals surface area contributed by atoms with Crippen molar-refractivity contribution in [3.8, 4) is 0 Å². The molecule has 8 atom stereocenters. The van der Waals surface area contributed by atoms with E-state index in [0.29, 0.717) is 51.6 Å². The second-order valence-electron chi connectivity index (χ2n) is 12.1. The van der Waals surface area contributed by atoms with Crippen LogP contribution in [0.1, 0.15) is 70.3 Å². The lowest BCUT2D eigenvalue weighted by atomic mass is 9.74. The van der Waals surface area contributed by atoms with E-state index in [1.807, 2.05) is 13.8 Å². The van der Waals surface area contributed by atoms with Gasteiger partial charge >= 0.3 is 0 Å². The van der Waals surface area contributed by atoms with Crippen LogP contribution in [0.25, 0.3) is 0 Å². The van der Waals surface area contributed by atoms with Gasteiger partial charge in [-0.3, -0.25) is 4.79 Å². The lowest BCUT2D eigenvalue weighted by Gasteiger charge is -2.39. The molecule has 2 bridgehead atoms. The minimum absolute atomic E-state index is 0.0101. The summed E-state index contributed by atoms with van der Waals surface area (Å²) < 4.78 is 62.0. The van der Waals surface area contributed by atoms with Gasteiger partial charge in [-0.05, 0) is 94.1 Å². The number of rotatable bonds is 8. The number of nitrogens with one attached hydrogen (secondary N) is 2. The first-order chi connectivity index (χ1) is 19.5. The molecule has 4 aliphatic rings. The topological polar surface area (TPSA) is 114 Å². The molecule has 1 amide bonds. The van der Waals surface area contributed by atoms with Crippen LogP contribution in [0.4, 0.5) is 8.78 Å². The van der Waals surface area contributed by atoms with Crippen LogP contribution in [0.2, 0.25) is 0 Å². The molecule has 3 saturated heterocycles. The Morgan fingerprint density at radius 1 is 1.20 bits per heavy atom. The first-order valence-electron chi connectivity index (χ1n) is 14.8. The van der Waals surface area contributed by atoms with Gasteiger partial charge < -0.3 is 21.1 Å². The number of benzene rings is 1. The summed E-state index contributed by atoms with van der Waals surface area (Å²) in [6.45, 7) is 5.00. The average molecular weight is 593 g/mol. The van der Waals surface area contributed by atoms with Crippen molar-refractivity contribution < 1.29 is 26.7 Å². The third-order valence-electron chi connectivity index (χ3n) is 9.10. The Balaban J connectivity index is 1.32. The third-order valence-corrected chi connectivity index (χ3v) is 11.1. The number of nitrogens with two attached hydrogens (primary N) is 1. The average Bonchev–Trinajstić information content (AvgIpc) is 3.21. The number of hydrogen-bond donors (Lipinski definition) is 3. The van der Waals surface area contributed by atoms with Crippen molar-refractivity contribution in [2.45, 2.75) is 95.0 Å². The van der Waals surface area contributed by atoms with Crippen LogP contribution in [0.5, 0.6) is 0 Å². The van der Waals surface area contributed by atoms with E-state index in [9.17, 15) is 17.6 Å². The van der Waals surface area contributed by atoms with Crippen LogP contribution in [0, 0.1) is 11.7 Å². The van der Waals surface area contributed by atoms with Gasteiger partial charge in [0, 0.05) is 31.1 Å². The van der Waals surface area contributed by atoms with E-state index in [4.69, 9.17) is 10.5 Å². The van der Waals surface area contributed by atoms with Crippen LogP contribution in [-0.4, -0.2) is 67.8 Å². The molecule has 41 heavy (non-hydrogen) atoms. The molecular formula is C30H42F2N4O4S. The molecule has 0 radical (unpaired) electrons. The molecule has 1 unspecified atom stereocenters. The number of carbonyl (C=O) groups is 1. The van der Waals surface area contributed by atoms with Crippen LogP contribution in [0.15, 0.2) is 47.4 Å².